The molecular weight excluding hydrogens is 575 g/mol. The van der Waals surface area contributed by atoms with Crippen molar-refractivity contribution in [2.24, 2.45) is 5.73 Å². The van der Waals surface area contributed by atoms with Crippen LogP contribution >= 0.6 is 23.2 Å². The molecule has 0 radical (unpaired) electrons. The van der Waals surface area contributed by atoms with E-state index in [1.165, 1.54) is 22.8 Å². The Balaban J connectivity index is 1.57. The Morgan fingerprint density at radius 1 is 1.10 bits per heavy atom. The van der Waals surface area contributed by atoms with Gasteiger partial charge in [-0.25, -0.2) is 22.2 Å². The Kier molecular flexibility index (Phi) is 8.28. The summed E-state index contributed by atoms with van der Waals surface area (Å²) in [5.41, 5.74) is 12.6. The molecule has 15 heteroatoms. The minimum Gasteiger partial charge on any atom is -0.468 e. The topological polar surface area (TPSA) is 152 Å². The van der Waals surface area contributed by atoms with E-state index < -0.39 is 27.9 Å². The van der Waals surface area contributed by atoms with Crippen molar-refractivity contribution in [3.8, 4) is 5.75 Å². The van der Waals surface area contributed by atoms with Crippen LogP contribution in [0.1, 0.15) is 28.6 Å². The summed E-state index contributed by atoms with van der Waals surface area (Å²) in [6, 6.07) is 3.26. The highest BCUT2D eigenvalue weighted by molar-refractivity contribution is 7.88. The summed E-state index contributed by atoms with van der Waals surface area (Å²) in [6.45, 7) is 2.55. The zero-order chi connectivity index (χ0) is 28.6. The minimum atomic E-state index is -3.34. The average Bonchev–Trinajstić information content (AvgIpc) is 2.87. The van der Waals surface area contributed by atoms with Crippen molar-refractivity contribution in [2.45, 2.75) is 13.2 Å². The van der Waals surface area contributed by atoms with E-state index in [-0.39, 0.29) is 75.9 Å². The average molecular weight is 600 g/mol. The number of nitrogens with zero attached hydrogens (tertiary/aromatic N) is 4. The quantitative estimate of drug-likeness (QED) is 0.212. The zero-order valence-corrected chi connectivity index (χ0v) is 23.2. The van der Waals surface area contributed by atoms with Crippen LogP contribution in [0.4, 0.5) is 20.3 Å². The zero-order valence-electron chi connectivity index (χ0n) is 20.9. The molecule has 2 aromatic heterocycles. The van der Waals surface area contributed by atoms with Crippen LogP contribution in [0.2, 0.25) is 10.0 Å². The Morgan fingerprint density at radius 3 is 2.38 bits per heavy atom. The van der Waals surface area contributed by atoms with E-state index in [2.05, 4.69) is 9.97 Å². The Morgan fingerprint density at radius 2 is 1.77 bits per heavy atom. The summed E-state index contributed by atoms with van der Waals surface area (Å²) in [7, 11) is -3.34. The molecule has 39 heavy (non-hydrogen) atoms. The number of sulfonamides is 1. The number of hydrogen-bond acceptors (Lipinski definition) is 9. The predicted octanol–water partition coefficient (Wildman–Crippen LogP) is 3.49. The van der Waals surface area contributed by atoms with Crippen molar-refractivity contribution in [2.75, 3.05) is 43.1 Å². The van der Waals surface area contributed by atoms with E-state index in [0.29, 0.717) is 5.69 Å². The number of rotatable bonds is 7. The van der Waals surface area contributed by atoms with E-state index in [0.717, 1.165) is 18.4 Å². The first-order chi connectivity index (χ1) is 18.3. The van der Waals surface area contributed by atoms with Crippen LogP contribution < -0.4 is 21.1 Å². The molecule has 0 amide bonds. The second kappa shape index (κ2) is 11.2. The van der Waals surface area contributed by atoms with Crippen molar-refractivity contribution in [3.05, 3.63) is 74.7 Å². The first-order valence-corrected chi connectivity index (χ1v) is 14.1. The molecule has 3 heterocycles. The van der Waals surface area contributed by atoms with Crippen LogP contribution in [0.5, 0.6) is 5.75 Å². The highest BCUT2D eigenvalue weighted by atomic mass is 35.5. The van der Waals surface area contributed by atoms with Gasteiger partial charge in [0.2, 0.25) is 10.0 Å². The number of piperazine rings is 1. The summed E-state index contributed by atoms with van der Waals surface area (Å²) in [5.74, 6) is -1.85. The molecule has 1 aliphatic rings. The molecule has 1 aromatic carbocycles. The lowest BCUT2D eigenvalue weighted by Gasteiger charge is -2.34. The van der Waals surface area contributed by atoms with Crippen LogP contribution in [-0.2, 0) is 10.0 Å². The molecule has 3 aromatic rings. The first kappa shape index (κ1) is 28.9. The maximum atomic E-state index is 15.1. The molecule has 1 saturated heterocycles. The van der Waals surface area contributed by atoms with E-state index in [4.69, 9.17) is 44.8 Å². The normalized spacial score (nSPS) is 15.3. The maximum absolute atomic E-state index is 15.1. The smallest absolute Gasteiger partial charge is 0.211 e. The molecule has 1 atom stereocenters. The number of aryl methyl sites for hydroxylation is 1. The fourth-order valence-corrected chi connectivity index (χ4v) is 5.48. The summed E-state index contributed by atoms with van der Waals surface area (Å²) in [5, 5.41) is 8.89. The fraction of sp³-hybridized carbons (Fsp3) is 0.292. The molecule has 0 unspecified atom stereocenters. The number of pyridine rings is 2. The summed E-state index contributed by atoms with van der Waals surface area (Å²) in [6.07, 6.45) is 2.49. The summed E-state index contributed by atoms with van der Waals surface area (Å²) < 4.78 is 60.2. The molecule has 0 saturated carbocycles. The lowest BCUT2D eigenvalue weighted by atomic mass is 10.0. The standard InChI is InChI=1S/C24H25Cl2F2N7O3S/c1-12-21(26)20(15(25)11-32-12)23(31)38-19-8-14(18(29)9-16(19)27)22(30)13-7-17(28)24(33-10-13)34-3-5-35(6-4-34)39(2,36)37/h7-11,23,30H,3-6,29,31H2,1-2H3/t23-/m0/s1. The van der Waals surface area contributed by atoms with Gasteiger partial charge in [-0.2, -0.15) is 4.31 Å². The third kappa shape index (κ3) is 6.07. The highest BCUT2D eigenvalue weighted by Gasteiger charge is 2.26. The Hall–Kier alpha value is -3.10. The van der Waals surface area contributed by atoms with E-state index >= 15 is 4.39 Å². The van der Waals surface area contributed by atoms with Gasteiger partial charge in [0.15, 0.2) is 29.4 Å². The number of nitrogens with two attached hydrogens (primary N) is 2. The molecule has 0 bridgehead atoms. The number of nitrogen functional groups attached to an aromatic ring is 1. The first-order valence-electron chi connectivity index (χ1n) is 11.5. The molecule has 0 aliphatic carbocycles. The van der Waals surface area contributed by atoms with Crippen LogP contribution in [0.15, 0.2) is 30.6 Å². The Labute approximate surface area is 234 Å². The number of halogens is 4. The van der Waals surface area contributed by atoms with E-state index in [1.54, 1.807) is 11.8 Å². The number of aromatic nitrogens is 2. The van der Waals surface area contributed by atoms with Crippen molar-refractivity contribution in [1.82, 2.24) is 14.3 Å². The minimum absolute atomic E-state index is 0.0307. The third-order valence-corrected chi connectivity index (χ3v) is 8.29. The molecule has 208 valence electrons. The van der Waals surface area contributed by atoms with Gasteiger partial charge >= 0.3 is 0 Å². The maximum Gasteiger partial charge on any atom is 0.211 e. The number of ether oxygens (including phenoxy) is 1. The van der Waals surface area contributed by atoms with Gasteiger partial charge in [0.05, 0.1) is 27.7 Å². The lowest BCUT2D eigenvalue weighted by molar-refractivity contribution is 0.204. The molecular formula is C24H25Cl2F2N7O3S. The van der Waals surface area contributed by atoms with Crippen molar-refractivity contribution >= 4 is 50.4 Å². The van der Waals surface area contributed by atoms with Crippen LogP contribution in [0, 0.1) is 24.0 Å². The number of benzene rings is 1. The van der Waals surface area contributed by atoms with E-state index in [9.17, 15) is 12.8 Å². The molecule has 1 aliphatic heterocycles. The van der Waals surface area contributed by atoms with Gasteiger partial charge in [-0.15, -0.1) is 0 Å². The third-order valence-electron chi connectivity index (χ3n) is 6.21. The number of hydrogen-bond donors (Lipinski definition) is 3. The fourth-order valence-electron chi connectivity index (χ4n) is 4.10. The van der Waals surface area contributed by atoms with Gasteiger partial charge in [-0.05, 0) is 19.1 Å². The molecule has 4 rings (SSSR count). The molecule has 1 fully saturated rings. The van der Waals surface area contributed by atoms with Gasteiger partial charge in [0.25, 0.3) is 0 Å². The molecule has 0 spiro atoms. The van der Waals surface area contributed by atoms with Crippen LogP contribution in [0.3, 0.4) is 0 Å². The molecule has 10 nitrogen and oxygen atoms in total. The summed E-state index contributed by atoms with van der Waals surface area (Å²) in [4.78, 5) is 9.81. The summed E-state index contributed by atoms with van der Waals surface area (Å²) >= 11 is 12.4. The predicted molar refractivity (Wildman–Crippen MR) is 146 cm³/mol. The van der Waals surface area contributed by atoms with Crippen LogP contribution in [-0.4, -0.2) is 60.8 Å². The lowest BCUT2D eigenvalue weighted by Crippen LogP contribution is -2.48. The van der Waals surface area contributed by atoms with Gasteiger partial charge in [-0.1, -0.05) is 23.2 Å². The van der Waals surface area contributed by atoms with Crippen molar-refractivity contribution < 1.29 is 21.9 Å². The van der Waals surface area contributed by atoms with E-state index in [1.807, 2.05) is 0 Å². The van der Waals surface area contributed by atoms with Gasteiger partial charge in [0, 0.05) is 67.0 Å². The SMILES string of the molecule is Cc1ncc(Cl)c([C@@H](N)Oc2cc(C(=N)c3cnc(N4CCN(S(C)(=O)=O)CC4)c(F)c3)c(N)cc2F)c1Cl. The van der Waals surface area contributed by atoms with Crippen LogP contribution in [0.25, 0.3) is 0 Å². The van der Waals surface area contributed by atoms with Crippen molar-refractivity contribution in [3.63, 3.8) is 0 Å². The second-order valence-electron chi connectivity index (χ2n) is 8.88. The van der Waals surface area contributed by atoms with Gasteiger partial charge in [-0.3, -0.25) is 16.1 Å². The number of nitrogens with one attached hydrogen (secondary N) is 1. The molecule has 5 N–H and O–H groups in total. The van der Waals surface area contributed by atoms with Gasteiger partial charge < -0.3 is 15.4 Å². The number of anilines is 2. The monoisotopic (exact) mass is 599 g/mol. The highest BCUT2D eigenvalue weighted by Crippen LogP contribution is 2.34. The van der Waals surface area contributed by atoms with Crippen molar-refractivity contribution in [1.29, 1.82) is 5.41 Å². The second-order valence-corrected chi connectivity index (χ2v) is 11.6. The largest absolute Gasteiger partial charge is 0.468 e. The van der Waals surface area contributed by atoms with Gasteiger partial charge in [0.1, 0.15) is 0 Å². The Bertz CT molecular complexity index is 1550.